The Bertz CT molecular complexity index is 3830. The Balaban J connectivity index is 0.897. The Morgan fingerprint density at radius 2 is 0.787 bits per heavy atom. The normalized spacial score (nSPS) is 13.0. The monoisotopic (exact) mass is 971 g/mol. The van der Waals surface area contributed by atoms with Gasteiger partial charge in [0.05, 0.1) is 11.0 Å². The zero-order chi connectivity index (χ0) is 51.6. The number of benzene rings is 10. The standard InChI is InChI=1S/C73H66N2/c1-9-71(3,4)57-31-38-61(39-32-57)74(60-36-27-52(28-37-60)54-29-40-63-64-41-33-58(72(5,6)10-2)48-68(64)73(7,8)67(63)47-54)59-34-25-51(26-35-59)53-30-42-70-66(46-53)65-23-17-18-24-69(65)75(70)62-44-55(49-19-13-11-14-20-49)43-56(45-62)50-21-15-12-16-22-50/h11-48H,9-10H2,1-8H3. The van der Waals surface area contributed by atoms with Gasteiger partial charge in [-0.3, -0.25) is 0 Å². The second kappa shape index (κ2) is 18.6. The van der Waals surface area contributed by atoms with E-state index in [1.165, 1.54) is 99.7 Å². The first kappa shape index (κ1) is 47.8. The van der Waals surface area contributed by atoms with Crippen LogP contribution >= 0.6 is 0 Å². The first-order chi connectivity index (χ1) is 36.3. The molecule has 11 aromatic rings. The van der Waals surface area contributed by atoms with E-state index in [-0.39, 0.29) is 16.2 Å². The Morgan fingerprint density at radius 3 is 1.36 bits per heavy atom. The summed E-state index contributed by atoms with van der Waals surface area (Å²) in [6.45, 7) is 18.8. The topological polar surface area (TPSA) is 8.17 Å². The fourth-order valence-corrected chi connectivity index (χ4v) is 11.6. The SMILES string of the molecule is CCC(C)(C)c1ccc(N(c2ccc(-c3ccc4c(c3)C(C)(C)c3cc(C(C)(C)CC)ccc3-4)cc2)c2ccc(-c3ccc4c(c3)c3ccccc3n4-c3cc(-c4ccccc4)cc(-c4ccccc4)c3)cc2)cc1. The first-order valence-corrected chi connectivity index (χ1v) is 27.0. The molecule has 0 fully saturated rings. The molecule has 0 saturated carbocycles. The molecule has 0 amide bonds. The molecule has 2 nitrogen and oxygen atoms in total. The molecule has 2 heteroatoms. The highest BCUT2D eigenvalue weighted by molar-refractivity contribution is 6.10. The summed E-state index contributed by atoms with van der Waals surface area (Å²) in [5.41, 5.74) is 25.0. The van der Waals surface area contributed by atoms with E-state index in [2.05, 4.69) is 295 Å². The van der Waals surface area contributed by atoms with Crippen molar-refractivity contribution in [2.24, 2.45) is 0 Å². The largest absolute Gasteiger partial charge is 0.311 e. The smallest absolute Gasteiger partial charge is 0.0541 e. The van der Waals surface area contributed by atoms with Gasteiger partial charge in [0.1, 0.15) is 0 Å². The third kappa shape index (κ3) is 8.47. The van der Waals surface area contributed by atoms with Crippen LogP contribution in [0.25, 0.3) is 83.1 Å². The van der Waals surface area contributed by atoms with Crippen molar-refractivity contribution in [3.8, 4) is 61.3 Å². The summed E-state index contributed by atoms with van der Waals surface area (Å²) in [6.07, 6.45) is 2.19. The summed E-state index contributed by atoms with van der Waals surface area (Å²) in [5.74, 6) is 0. The van der Waals surface area contributed by atoms with Crippen LogP contribution in [-0.4, -0.2) is 4.57 Å². The summed E-state index contributed by atoms with van der Waals surface area (Å²) in [7, 11) is 0. The molecule has 0 unspecified atom stereocenters. The maximum Gasteiger partial charge on any atom is 0.0541 e. The zero-order valence-electron chi connectivity index (χ0n) is 44.7. The molecular weight excluding hydrogens is 905 g/mol. The number of anilines is 3. The lowest BCUT2D eigenvalue weighted by atomic mass is 9.77. The van der Waals surface area contributed by atoms with Crippen LogP contribution in [0.15, 0.2) is 231 Å². The molecule has 1 aromatic heterocycles. The van der Waals surface area contributed by atoms with Gasteiger partial charge >= 0.3 is 0 Å². The fourth-order valence-electron chi connectivity index (χ4n) is 11.6. The maximum atomic E-state index is 2.48. The van der Waals surface area contributed by atoms with Crippen LogP contribution in [0, 0.1) is 0 Å². The third-order valence-electron chi connectivity index (χ3n) is 17.1. The average molecular weight is 971 g/mol. The Kier molecular flexibility index (Phi) is 11.9. The molecule has 1 aliphatic rings. The minimum atomic E-state index is -0.0882. The van der Waals surface area contributed by atoms with Crippen LogP contribution in [-0.2, 0) is 16.2 Å². The van der Waals surface area contributed by atoms with Crippen molar-refractivity contribution in [2.45, 2.75) is 84.5 Å². The second-order valence-corrected chi connectivity index (χ2v) is 22.7. The van der Waals surface area contributed by atoms with E-state index < -0.39 is 0 Å². The molecule has 0 spiro atoms. The van der Waals surface area contributed by atoms with Crippen LogP contribution in [0.1, 0.15) is 90.5 Å². The Hall–Kier alpha value is -8.20. The van der Waals surface area contributed by atoms with Crippen LogP contribution in [0.2, 0.25) is 0 Å². The fraction of sp³-hybridized carbons (Fsp3) is 0.178. The van der Waals surface area contributed by atoms with Gasteiger partial charge in [-0.1, -0.05) is 207 Å². The van der Waals surface area contributed by atoms with Gasteiger partial charge in [0.15, 0.2) is 0 Å². The predicted octanol–water partition coefficient (Wildman–Crippen LogP) is 20.6. The molecule has 1 aliphatic carbocycles. The molecule has 0 saturated heterocycles. The highest BCUT2D eigenvalue weighted by atomic mass is 15.1. The molecule has 12 rings (SSSR count). The maximum absolute atomic E-state index is 2.48. The van der Waals surface area contributed by atoms with Crippen LogP contribution in [0.3, 0.4) is 0 Å². The highest BCUT2D eigenvalue weighted by Crippen LogP contribution is 2.51. The lowest BCUT2D eigenvalue weighted by Crippen LogP contribution is -2.19. The number of para-hydroxylation sites is 1. The predicted molar refractivity (Wildman–Crippen MR) is 321 cm³/mol. The molecule has 1 heterocycles. The lowest BCUT2D eigenvalue weighted by molar-refractivity contribution is 0.504. The van der Waals surface area contributed by atoms with E-state index in [0.717, 1.165) is 35.6 Å². The molecule has 0 aliphatic heterocycles. The molecule has 10 aromatic carbocycles. The number of aromatic nitrogens is 1. The van der Waals surface area contributed by atoms with Gasteiger partial charge in [0, 0.05) is 38.9 Å². The van der Waals surface area contributed by atoms with E-state index in [0.29, 0.717) is 0 Å². The molecule has 0 N–H and O–H groups in total. The first-order valence-electron chi connectivity index (χ1n) is 27.0. The number of hydrogen-bond acceptors (Lipinski definition) is 1. The van der Waals surface area contributed by atoms with Gasteiger partial charge in [0.2, 0.25) is 0 Å². The van der Waals surface area contributed by atoms with Crippen molar-refractivity contribution < 1.29 is 0 Å². The van der Waals surface area contributed by atoms with Crippen molar-refractivity contribution in [1.82, 2.24) is 4.57 Å². The summed E-state index contributed by atoms with van der Waals surface area (Å²) in [4.78, 5) is 2.40. The van der Waals surface area contributed by atoms with E-state index >= 15 is 0 Å². The van der Waals surface area contributed by atoms with Crippen molar-refractivity contribution >= 4 is 38.9 Å². The van der Waals surface area contributed by atoms with Gasteiger partial charge in [-0.05, 0) is 180 Å². The summed E-state index contributed by atoms with van der Waals surface area (Å²) in [6, 6.07) is 86.2. The molecular formula is C73H66N2. The van der Waals surface area contributed by atoms with E-state index in [9.17, 15) is 0 Å². The quantitative estimate of drug-likeness (QED) is 0.118. The van der Waals surface area contributed by atoms with Crippen LogP contribution in [0.5, 0.6) is 0 Å². The molecule has 0 bridgehead atoms. The van der Waals surface area contributed by atoms with Crippen molar-refractivity contribution in [1.29, 1.82) is 0 Å². The minimum absolute atomic E-state index is 0.0882. The summed E-state index contributed by atoms with van der Waals surface area (Å²) < 4.78 is 2.44. The Labute approximate surface area is 444 Å². The van der Waals surface area contributed by atoms with Crippen molar-refractivity contribution in [3.63, 3.8) is 0 Å². The molecule has 0 radical (unpaired) electrons. The van der Waals surface area contributed by atoms with Crippen molar-refractivity contribution in [2.75, 3.05) is 4.90 Å². The molecule has 0 atom stereocenters. The second-order valence-electron chi connectivity index (χ2n) is 22.7. The number of rotatable bonds is 12. The number of hydrogen-bond donors (Lipinski definition) is 0. The summed E-state index contributed by atoms with van der Waals surface area (Å²) in [5, 5.41) is 2.47. The van der Waals surface area contributed by atoms with Gasteiger partial charge in [-0.2, -0.15) is 0 Å². The zero-order valence-corrected chi connectivity index (χ0v) is 44.7. The number of nitrogens with zero attached hydrogens (tertiary/aromatic N) is 2. The van der Waals surface area contributed by atoms with Crippen molar-refractivity contribution in [3.05, 3.63) is 253 Å². The van der Waals surface area contributed by atoms with Gasteiger partial charge < -0.3 is 9.47 Å². The Morgan fingerprint density at radius 1 is 0.360 bits per heavy atom. The van der Waals surface area contributed by atoms with E-state index in [4.69, 9.17) is 0 Å². The van der Waals surface area contributed by atoms with E-state index in [1.54, 1.807) is 0 Å². The number of fused-ring (bicyclic) bond motifs is 6. The highest BCUT2D eigenvalue weighted by Gasteiger charge is 2.37. The van der Waals surface area contributed by atoms with Gasteiger partial charge in [0.25, 0.3) is 0 Å². The van der Waals surface area contributed by atoms with E-state index in [1.807, 2.05) is 0 Å². The summed E-state index contributed by atoms with van der Waals surface area (Å²) >= 11 is 0. The molecule has 368 valence electrons. The minimum Gasteiger partial charge on any atom is -0.311 e. The van der Waals surface area contributed by atoms with Gasteiger partial charge in [-0.15, -0.1) is 0 Å². The van der Waals surface area contributed by atoms with Crippen LogP contribution in [0.4, 0.5) is 17.1 Å². The van der Waals surface area contributed by atoms with Crippen LogP contribution < -0.4 is 4.90 Å². The molecule has 75 heavy (non-hydrogen) atoms. The lowest BCUT2D eigenvalue weighted by Gasteiger charge is -2.28. The third-order valence-corrected chi connectivity index (χ3v) is 17.1. The average Bonchev–Trinajstić information content (AvgIpc) is 3.96. The van der Waals surface area contributed by atoms with Gasteiger partial charge in [-0.25, -0.2) is 0 Å².